The van der Waals surface area contributed by atoms with Crippen LogP contribution >= 0.6 is 0 Å². The summed E-state index contributed by atoms with van der Waals surface area (Å²) >= 11 is 0. The Labute approximate surface area is 82.0 Å². The molecule has 4 heteroatoms. The molecule has 0 heterocycles. The van der Waals surface area contributed by atoms with E-state index in [2.05, 4.69) is 0 Å². The second-order valence-electron chi connectivity index (χ2n) is 2.60. The van der Waals surface area contributed by atoms with Gasteiger partial charge in [-0.05, 0) is 31.2 Å². The maximum Gasteiger partial charge on any atom is 0.219 e. The number of ether oxygens (including phenoxy) is 2. The summed E-state index contributed by atoms with van der Waals surface area (Å²) in [4.78, 5) is 0. The van der Waals surface area contributed by atoms with Crippen LogP contribution in [0.2, 0.25) is 0 Å². The first-order valence-corrected chi connectivity index (χ1v) is 4.31. The minimum atomic E-state index is -0.308. The summed E-state index contributed by atoms with van der Waals surface area (Å²) in [6.07, 6.45) is 0. The minimum absolute atomic E-state index is 0.0665. The molecule has 0 saturated carbocycles. The standard InChI is InChI=1S/C10H12FNO2/c1-2-13-10(12)7-14-9-5-3-8(11)4-6-9/h3-6,12H,2,7H2,1H3. The van der Waals surface area contributed by atoms with Gasteiger partial charge in [-0.25, -0.2) is 4.39 Å². The molecule has 0 amide bonds. The van der Waals surface area contributed by atoms with Crippen molar-refractivity contribution in [3.63, 3.8) is 0 Å². The van der Waals surface area contributed by atoms with Gasteiger partial charge in [0, 0.05) is 0 Å². The van der Waals surface area contributed by atoms with Crippen LogP contribution in [0.4, 0.5) is 4.39 Å². The molecule has 1 aromatic rings. The van der Waals surface area contributed by atoms with Gasteiger partial charge in [-0.1, -0.05) is 0 Å². The van der Waals surface area contributed by atoms with Gasteiger partial charge in [0.1, 0.15) is 11.6 Å². The largest absolute Gasteiger partial charge is 0.484 e. The Morgan fingerprint density at radius 2 is 2.00 bits per heavy atom. The fourth-order valence-electron chi connectivity index (χ4n) is 0.896. The van der Waals surface area contributed by atoms with Crippen LogP contribution < -0.4 is 4.74 Å². The van der Waals surface area contributed by atoms with Gasteiger partial charge in [0.05, 0.1) is 6.61 Å². The molecule has 3 nitrogen and oxygen atoms in total. The van der Waals surface area contributed by atoms with Crippen molar-refractivity contribution in [1.29, 1.82) is 5.41 Å². The van der Waals surface area contributed by atoms with E-state index in [4.69, 9.17) is 14.9 Å². The van der Waals surface area contributed by atoms with E-state index in [1.807, 2.05) is 0 Å². The highest BCUT2D eigenvalue weighted by atomic mass is 19.1. The van der Waals surface area contributed by atoms with E-state index < -0.39 is 0 Å². The molecule has 0 aromatic heterocycles. The van der Waals surface area contributed by atoms with Crippen LogP contribution in [-0.4, -0.2) is 19.1 Å². The quantitative estimate of drug-likeness (QED) is 0.594. The molecule has 0 unspecified atom stereocenters. The van der Waals surface area contributed by atoms with Gasteiger partial charge >= 0.3 is 0 Å². The third-order valence-corrected chi connectivity index (χ3v) is 1.50. The zero-order valence-corrected chi connectivity index (χ0v) is 7.92. The second-order valence-corrected chi connectivity index (χ2v) is 2.60. The summed E-state index contributed by atoms with van der Waals surface area (Å²) < 4.78 is 22.5. The molecule has 76 valence electrons. The lowest BCUT2D eigenvalue weighted by molar-refractivity contribution is 0.273. The minimum Gasteiger partial charge on any atom is -0.484 e. The van der Waals surface area contributed by atoms with Gasteiger partial charge in [0.25, 0.3) is 0 Å². The van der Waals surface area contributed by atoms with Gasteiger partial charge < -0.3 is 9.47 Å². The van der Waals surface area contributed by atoms with Crippen molar-refractivity contribution < 1.29 is 13.9 Å². The first kappa shape index (κ1) is 10.5. The summed E-state index contributed by atoms with van der Waals surface area (Å²) in [7, 11) is 0. The molecule has 1 N–H and O–H groups in total. The normalized spacial score (nSPS) is 9.57. The number of hydrogen-bond acceptors (Lipinski definition) is 3. The van der Waals surface area contributed by atoms with Crippen LogP contribution in [0.3, 0.4) is 0 Å². The monoisotopic (exact) mass is 197 g/mol. The zero-order chi connectivity index (χ0) is 10.4. The van der Waals surface area contributed by atoms with Crippen LogP contribution in [0.1, 0.15) is 6.92 Å². The lowest BCUT2D eigenvalue weighted by Crippen LogP contribution is -2.13. The van der Waals surface area contributed by atoms with Crippen LogP contribution in [-0.2, 0) is 4.74 Å². The molecule has 0 spiro atoms. The maximum absolute atomic E-state index is 12.5. The molecule has 0 bridgehead atoms. The Balaban J connectivity index is 2.38. The van der Waals surface area contributed by atoms with Gasteiger partial charge in [0.2, 0.25) is 5.90 Å². The van der Waals surface area contributed by atoms with Crippen molar-refractivity contribution in [2.45, 2.75) is 6.92 Å². The average Bonchev–Trinajstić information content (AvgIpc) is 2.17. The van der Waals surface area contributed by atoms with E-state index in [1.54, 1.807) is 6.92 Å². The molecule has 1 rings (SSSR count). The predicted molar refractivity (Wildman–Crippen MR) is 51.2 cm³/mol. The summed E-state index contributed by atoms with van der Waals surface area (Å²) in [6, 6.07) is 5.63. The first-order chi connectivity index (χ1) is 6.72. The van der Waals surface area contributed by atoms with Crippen LogP contribution in [0.5, 0.6) is 5.75 Å². The Hall–Kier alpha value is -1.58. The smallest absolute Gasteiger partial charge is 0.219 e. The van der Waals surface area contributed by atoms with Crippen molar-refractivity contribution in [2.75, 3.05) is 13.2 Å². The fraction of sp³-hybridized carbons (Fsp3) is 0.300. The summed E-state index contributed by atoms with van der Waals surface area (Å²) in [5.41, 5.74) is 0. The lowest BCUT2D eigenvalue weighted by Gasteiger charge is -2.07. The van der Waals surface area contributed by atoms with Crippen LogP contribution in [0.25, 0.3) is 0 Å². The van der Waals surface area contributed by atoms with Crippen molar-refractivity contribution in [3.05, 3.63) is 30.1 Å². The fourth-order valence-corrected chi connectivity index (χ4v) is 0.896. The van der Waals surface area contributed by atoms with Gasteiger partial charge in [-0.2, -0.15) is 0 Å². The molecule has 0 aliphatic carbocycles. The van der Waals surface area contributed by atoms with E-state index in [-0.39, 0.29) is 18.3 Å². The molecule has 1 aromatic carbocycles. The van der Waals surface area contributed by atoms with Crippen molar-refractivity contribution in [1.82, 2.24) is 0 Å². The first-order valence-electron chi connectivity index (χ1n) is 4.31. The number of nitrogens with one attached hydrogen (secondary N) is 1. The highest BCUT2D eigenvalue weighted by Gasteiger charge is 1.98. The van der Waals surface area contributed by atoms with Gasteiger partial charge in [-0.15, -0.1) is 0 Å². The highest BCUT2D eigenvalue weighted by molar-refractivity contribution is 5.74. The van der Waals surface area contributed by atoms with Crippen LogP contribution in [0.15, 0.2) is 24.3 Å². The molecule has 0 atom stereocenters. The zero-order valence-electron chi connectivity index (χ0n) is 7.92. The van der Waals surface area contributed by atoms with E-state index in [0.717, 1.165) is 0 Å². The summed E-state index contributed by atoms with van der Waals surface area (Å²) in [5.74, 6) is 0.282. The van der Waals surface area contributed by atoms with E-state index in [9.17, 15) is 4.39 Å². The second kappa shape index (κ2) is 5.21. The third kappa shape index (κ3) is 3.43. The van der Waals surface area contributed by atoms with Gasteiger partial charge in [-0.3, -0.25) is 5.41 Å². The van der Waals surface area contributed by atoms with E-state index in [1.165, 1.54) is 24.3 Å². The molecule has 0 aliphatic rings. The number of hydrogen-bond donors (Lipinski definition) is 1. The average molecular weight is 197 g/mol. The van der Waals surface area contributed by atoms with E-state index in [0.29, 0.717) is 12.4 Å². The van der Waals surface area contributed by atoms with Crippen molar-refractivity contribution in [3.8, 4) is 5.75 Å². The summed E-state index contributed by atoms with van der Waals surface area (Å²) in [6.45, 7) is 2.32. The Morgan fingerprint density at radius 1 is 1.36 bits per heavy atom. The number of benzene rings is 1. The summed E-state index contributed by atoms with van der Waals surface area (Å²) in [5, 5.41) is 7.26. The Kier molecular flexibility index (Phi) is 3.91. The topological polar surface area (TPSA) is 42.3 Å². The number of rotatable bonds is 4. The predicted octanol–water partition coefficient (Wildman–Crippen LogP) is 2.22. The molecule has 0 aliphatic heterocycles. The molecular weight excluding hydrogens is 185 g/mol. The van der Waals surface area contributed by atoms with Crippen LogP contribution in [0, 0.1) is 11.2 Å². The molecule has 0 fully saturated rings. The molecular formula is C10H12FNO2. The SMILES string of the molecule is CCOC(=N)COc1ccc(F)cc1. The van der Waals surface area contributed by atoms with Crippen molar-refractivity contribution in [2.24, 2.45) is 0 Å². The van der Waals surface area contributed by atoms with Crippen molar-refractivity contribution >= 4 is 5.90 Å². The van der Waals surface area contributed by atoms with Gasteiger partial charge in [0.15, 0.2) is 6.61 Å². The lowest BCUT2D eigenvalue weighted by atomic mass is 10.3. The Bertz CT molecular complexity index is 297. The van der Waals surface area contributed by atoms with E-state index >= 15 is 0 Å². The molecule has 0 radical (unpaired) electrons. The maximum atomic E-state index is 12.5. The number of halogens is 1. The molecule has 14 heavy (non-hydrogen) atoms. The third-order valence-electron chi connectivity index (χ3n) is 1.50. The Morgan fingerprint density at radius 3 is 2.57 bits per heavy atom. The highest BCUT2D eigenvalue weighted by Crippen LogP contribution is 2.10. The molecule has 0 saturated heterocycles.